The molecule has 26 heavy (non-hydrogen) atoms. The molecule has 0 aliphatic heterocycles. The number of aryl methyl sites for hydroxylation is 1. The Morgan fingerprint density at radius 3 is 2.73 bits per heavy atom. The monoisotopic (exact) mass is 349 g/mol. The Kier molecular flexibility index (Phi) is 5.43. The van der Waals surface area contributed by atoms with Crippen LogP contribution in [-0.2, 0) is 6.61 Å². The lowest BCUT2D eigenvalue weighted by molar-refractivity contribution is 0.102. The number of aromatic nitrogens is 2. The first-order chi connectivity index (χ1) is 12.7. The van der Waals surface area contributed by atoms with Gasteiger partial charge in [-0.2, -0.15) is 0 Å². The van der Waals surface area contributed by atoms with Crippen molar-refractivity contribution >= 4 is 11.6 Å². The van der Waals surface area contributed by atoms with Gasteiger partial charge in [0.2, 0.25) is 0 Å². The minimum absolute atomic E-state index is 0.280. The molecule has 6 nitrogen and oxygen atoms in total. The highest BCUT2D eigenvalue weighted by Gasteiger charge is 2.11. The van der Waals surface area contributed by atoms with Crippen LogP contribution in [0.2, 0.25) is 0 Å². The molecule has 2 aromatic heterocycles. The van der Waals surface area contributed by atoms with E-state index in [9.17, 15) is 4.79 Å². The molecule has 3 aromatic rings. The molecule has 0 aliphatic carbocycles. The van der Waals surface area contributed by atoms with Crippen LogP contribution in [0.3, 0.4) is 0 Å². The summed E-state index contributed by atoms with van der Waals surface area (Å²) in [5, 5.41) is 2.83. The Labute approximate surface area is 151 Å². The molecular weight excluding hydrogens is 330 g/mol. The Hall–Kier alpha value is -3.41. The number of hydrogen-bond acceptors (Lipinski definition) is 5. The number of amides is 1. The summed E-state index contributed by atoms with van der Waals surface area (Å²) < 4.78 is 11.2. The molecule has 1 aromatic carbocycles. The van der Waals surface area contributed by atoms with Crippen molar-refractivity contribution in [3.05, 3.63) is 77.9 Å². The lowest BCUT2D eigenvalue weighted by Crippen LogP contribution is -2.14. The number of hydrogen-bond donors (Lipinski definition) is 1. The fraction of sp³-hybridized carbons (Fsp3) is 0.150. The molecule has 2 heterocycles. The van der Waals surface area contributed by atoms with Crippen LogP contribution < -0.4 is 14.8 Å². The lowest BCUT2D eigenvalue weighted by Gasteiger charge is -2.13. The van der Waals surface area contributed by atoms with Crippen molar-refractivity contribution in [3.8, 4) is 11.5 Å². The first-order valence-corrected chi connectivity index (χ1v) is 8.10. The number of pyridine rings is 2. The van der Waals surface area contributed by atoms with E-state index in [0.717, 1.165) is 11.3 Å². The zero-order chi connectivity index (χ0) is 18.4. The number of carbonyl (C=O) groups excluding carboxylic acids is 1. The fourth-order valence-corrected chi connectivity index (χ4v) is 2.38. The molecule has 0 fully saturated rings. The normalized spacial score (nSPS) is 10.2. The van der Waals surface area contributed by atoms with E-state index in [2.05, 4.69) is 15.3 Å². The average molecular weight is 349 g/mol. The summed E-state index contributed by atoms with van der Waals surface area (Å²) in [4.78, 5) is 20.6. The number of nitrogens with one attached hydrogen (secondary N) is 1. The van der Waals surface area contributed by atoms with Gasteiger partial charge >= 0.3 is 0 Å². The molecule has 0 bridgehead atoms. The van der Waals surface area contributed by atoms with Gasteiger partial charge in [0.1, 0.15) is 12.3 Å². The molecule has 132 valence electrons. The molecular formula is C20H19N3O3. The van der Waals surface area contributed by atoms with Crippen molar-refractivity contribution in [1.82, 2.24) is 9.97 Å². The lowest BCUT2D eigenvalue weighted by atomic mass is 10.2. The Bertz CT molecular complexity index is 898. The number of rotatable bonds is 6. The SMILES string of the molecule is COc1ccc(NC(=O)c2cccc(C)n2)cc1OCc1cccnc1. The molecule has 0 saturated carbocycles. The van der Waals surface area contributed by atoms with Crippen LogP contribution >= 0.6 is 0 Å². The molecule has 0 atom stereocenters. The summed E-state index contributed by atoms with van der Waals surface area (Å²) in [5.74, 6) is 0.837. The summed E-state index contributed by atoms with van der Waals surface area (Å²) in [6.45, 7) is 2.19. The van der Waals surface area contributed by atoms with E-state index < -0.39 is 0 Å². The minimum atomic E-state index is -0.280. The third-order valence-corrected chi connectivity index (χ3v) is 3.66. The maximum atomic E-state index is 12.4. The number of carbonyl (C=O) groups is 1. The molecule has 0 saturated heterocycles. The Morgan fingerprint density at radius 2 is 2.00 bits per heavy atom. The van der Waals surface area contributed by atoms with Gasteiger partial charge in [-0.1, -0.05) is 12.1 Å². The first-order valence-electron chi connectivity index (χ1n) is 8.10. The van der Waals surface area contributed by atoms with Crippen molar-refractivity contribution in [1.29, 1.82) is 0 Å². The van der Waals surface area contributed by atoms with Crippen LogP contribution in [0.4, 0.5) is 5.69 Å². The quantitative estimate of drug-likeness (QED) is 0.736. The second kappa shape index (κ2) is 8.11. The van der Waals surface area contributed by atoms with Gasteiger partial charge in [0.25, 0.3) is 5.91 Å². The number of benzene rings is 1. The van der Waals surface area contributed by atoms with Crippen LogP contribution in [-0.4, -0.2) is 23.0 Å². The van der Waals surface area contributed by atoms with E-state index >= 15 is 0 Å². The van der Waals surface area contributed by atoms with E-state index in [0.29, 0.717) is 29.5 Å². The summed E-state index contributed by atoms with van der Waals surface area (Å²) in [7, 11) is 1.57. The third-order valence-electron chi connectivity index (χ3n) is 3.66. The topological polar surface area (TPSA) is 73.3 Å². The smallest absolute Gasteiger partial charge is 0.274 e. The molecule has 0 spiro atoms. The van der Waals surface area contributed by atoms with Gasteiger partial charge < -0.3 is 14.8 Å². The highest BCUT2D eigenvalue weighted by Crippen LogP contribution is 2.31. The van der Waals surface area contributed by atoms with Crippen LogP contribution in [0.25, 0.3) is 0 Å². The van der Waals surface area contributed by atoms with Gasteiger partial charge in [0.05, 0.1) is 7.11 Å². The van der Waals surface area contributed by atoms with Crippen molar-refractivity contribution in [2.24, 2.45) is 0 Å². The highest BCUT2D eigenvalue weighted by atomic mass is 16.5. The molecule has 0 aliphatic rings. The van der Waals surface area contributed by atoms with Crippen molar-refractivity contribution in [3.63, 3.8) is 0 Å². The number of anilines is 1. The first kappa shape index (κ1) is 17.4. The predicted octanol–water partition coefficient (Wildman–Crippen LogP) is 3.62. The van der Waals surface area contributed by atoms with Gasteiger partial charge in [-0.15, -0.1) is 0 Å². The van der Waals surface area contributed by atoms with E-state index in [4.69, 9.17) is 9.47 Å². The molecule has 0 unspecified atom stereocenters. The van der Waals surface area contributed by atoms with Gasteiger partial charge in [0.15, 0.2) is 11.5 Å². The summed E-state index contributed by atoms with van der Waals surface area (Å²) in [5.41, 5.74) is 2.68. The largest absolute Gasteiger partial charge is 0.493 e. The molecule has 6 heteroatoms. The van der Waals surface area contributed by atoms with Crippen LogP contribution in [0.15, 0.2) is 60.9 Å². The van der Waals surface area contributed by atoms with Crippen molar-refractivity contribution in [2.75, 3.05) is 12.4 Å². The van der Waals surface area contributed by atoms with E-state index in [1.807, 2.05) is 25.1 Å². The van der Waals surface area contributed by atoms with E-state index in [-0.39, 0.29) is 5.91 Å². The maximum absolute atomic E-state index is 12.4. The van der Waals surface area contributed by atoms with Gasteiger partial charge in [-0.25, -0.2) is 4.98 Å². The second-order valence-electron chi connectivity index (χ2n) is 5.63. The molecule has 0 radical (unpaired) electrons. The number of methoxy groups -OCH3 is 1. The number of nitrogens with zero attached hydrogens (tertiary/aromatic N) is 2. The summed E-state index contributed by atoms with van der Waals surface area (Å²) >= 11 is 0. The van der Waals surface area contributed by atoms with Crippen LogP contribution in [0.1, 0.15) is 21.7 Å². The summed E-state index contributed by atoms with van der Waals surface area (Å²) in [6.07, 6.45) is 3.45. The predicted molar refractivity (Wildman–Crippen MR) is 98.5 cm³/mol. The van der Waals surface area contributed by atoms with Gasteiger partial charge in [-0.3, -0.25) is 9.78 Å². The Balaban J connectivity index is 1.75. The average Bonchev–Trinajstić information content (AvgIpc) is 2.67. The zero-order valence-corrected chi connectivity index (χ0v) is 14.6. The molecule has 3 rings (SSSR count). The van der Waals surface area contributed by atoms with Gasteiger partial charge in [-0.05, 0) is 37.3 Å². The fourth-order valence-electron chi connectivity index (χ4n) is 2.38. The van der Waals surface area contributed by atoms with Crippen LogP contribution in [0, 0.1) is 6.92 Å². The van der Waals surface area contributed by atoms with Crippen molar-refractivity contribution < 1.29 is 14.3 Å². The standard InChI is InChI=1S/C20H19N3O3/c1-14-5-3-7-17(22-14)20(24)23-16-8-9-18(25-2)19(11-16)26-13-15-6-4-10-21-12-15/h3-12H,13H2,1-2H3,(H,23,24). The number of ether oxygens (including phenoxy) is 2. The molecule has 1 N–H and O–H groups in total. The second-order valence-corrected chi connectivity index (χ2v) is 5.63. The minimum Gasteiger partial charge on any atom is -0.493 e. The third kappa shape index (κ3) is 4.36. The summed E-state index contributed by atoms with van der Waals surface area (Å²) in [6, 6.07) is 14.3. The van der Waals surface area contributed by atoms with Crippen LogP contribution in [0.5, 0.6) is 11.5 Å². The maximum Gasteiger partial charge on any atom is 0.274 e. The Morgan fingerprint density at radius 1 is 1.12 bits per heavy atom. The van der Waals surface area contributed by atoms with E-state index in [1.54, 1.807) is 49.8 Å². The molecule has 1 amide bonds. The van der Waals surface area contributed by atoms with Gasteiger partial charge in [0, 0.05) is 35.4 Å². The van der Waals surface area contributed by atoms with E-state index in [1.165, 1.54) is 0 Å². The zero-order valence-electron chi connectivity index (χ0n) is 14.6. The highest BCUT2D eigenvalue weighted by molar-refractivity contribution is 6.03. The van der Waals surface area contributed by atoms with Crippen molar-refractivity contribution in [2.45, 2.75) is 13.5 Å².